The number of nitrogens with zero attached hydrogens (tertiary/aromatic N) is 2. The maximum Gasteiger partial charge on any atom is 0.240 e. The van der Waals surface area contributed by atoms with Gasteiger partial charge in [0.05, 0.1) is 0 Å². The SMILES string of the molecule is CC(Cl)C(=O)N1CCC(N2CCSCC2)CC1. The molecule has 0 radical (unpaired) electrons. The van der Waals surface area contributed by atoms with Crippen LogP contribution in [0.5, 0.6) is 0 Å². The minimum Gasteiger partial charge on any atom is -0.341 e. The topological polar surface area (TPSA) is 23.6 Å². The number of carbonyl (C=O) groups excluding carboxylic acids is 1. The molecule has 0 N–H and O–H groups in total. The van der Waals surface area contributed by atoms with Gasteiger partial charge in [-0.2, -0.15) is 11.8 Å². The second-order valence-electron chi connectivity index (χ2n) is 4.82. The van der Waals surface area contributed by atoms with Crippen LogP contribution in [0.2, 0.25) is 0 Å². The number of alkyl halides is 1. The maximum absolute atomic E-state index is 11.8. The lowest BCUT2D eigenvalue weighted by Gasteiger charge is -2.40. The zero-order valence-electron chi connectivity index (χ0n) is 10.4. The van der Waals surface area contributed by atoms with E-state index in [0.29, 0.717) is 6.04 Å². The molecule has 17 heavy (non-hydrogen) atoms. The Kier molecular flexibility index (Phi) is 5.00. The second-order valence-corrected chi connectivity index (χ2v) is 6.70. The lowest BCUT2D eigenvalue weighted by Crippen LogP contribution is -2.50. The molecule has 2 aliphatic heterocycles. The fourth-order valence-electron chi connectivity index (χ4n) is 2.65. The number of rotatable bonds is 2. The summed E-state index contributed by atoms with van der Waals surface area (Å²) in [5, 5.41) is -0.377. The Morgan fingerprint density at radius 2 is 1.82 bits per heavy atom. The first-order valence-corrected chi connectivity index (χ1v) is 8.02. The molecule has 2 aliphatic rings. The molecule has 0 aromatic carbocycles. The van der Waals surface area contributed by atoms with Gasteiger partial charge in [-0.25, -0.2) is 0 Å². The molecule has 5 heteroatoms. The van der Waals surface area contributed by atoms with E-state index in [1.807, 2.05) is 16.7 Å². The number of hydrogen-bond acceptors (Lipinski definition) is 3. The van der Waals surface area contributed by atoms with Gasteiger partial charge < -0.3 is 4.90 Å². The third kappa shape index (κ3) is 3.52. The number of hydrogen-bond donors (Lipinski definition) is 0. The van der Waals surface area contributed by atoms with Gasteiger partial charge in [-0.1, -0.05) is 0 Å². The molecule has 3 nitrogen and oxygen atoms in total. The lowest BCUT2D eigenvalue weighted by molar-refractivity contribution is -0.132. The normalized spacial score (nSPS) is 25.9. The Morgan fingerprint density at radius 3 is 2.35 bits per heavy atom. The van der Waals surface area contributed by atoms with Crippen LogP contribution >= 0.6 is 23.4 Å². The smallest absolute Gasteiger partial charge is 0.240 e. The van der Waals surface area contributed by atoms with Crippen LogP contribution in [-0.2, 0) is 4.79 Å². The summed E-state index contributed by atoms with van der Waals surface area (Å²) in [6, 6.07) is 0.686. The first-order valence-electron chi connectivity index (χ1n) is 6.43. The van der Waals surface area contributed by atoms with Crippen LogP contribution in [0.3, 0.4) is 0 Å². The van der Waals surface area contributed by atoms with Gasteiger partial charge in [0.2, 0.25) is 5.91 Å². The molecule has 2 fully saturated rings. The first kappa shape index (κ1) is 13.5. The molecule has 2 saturated heterocycles. The van der Waals surface area contributed by atoms with Gasteiger partial charge in [-0.3, -0.25) is 9.69 Å². The molecule has 2 heterocycles. The van der Waals surface area contributed by atoms with Crippen molar-refractivity contribution in [3.8, 4) is 0 Å². The Morgan fingerprint density at radius 1 is 1.24 bits per heavy atom. The van der Waals surface area contributed by atoms with Crippen LogP contribution in [0, 0.1) is 0 Å². The highest BCUT2D eigenvalue weighted by atomic mass is 35.5. The first-order chi connectivity index (χ1) is 8.18. The summed E-state index contributed by atoms with van der Waals surface area (Å²) < 4.78 is 0. The minimum absolute atomic E-state index is 0.0966. The molecule has 2 rings (SSSR count). The summed E-state index contributed by atoms with van der Waals surface area (Å²) in [4.78, 5) is 16.3. The average Bonchev–Trinajstić information content (AvgIpc) is 2.39. The van der Waals surface area contributed by atoms with E-state index < -0.39 is 0 Å². The predicted octanol–water partition coefficient (Wildman–Crippen LogP) is 1.65. The number of halogens is 1. The van der Waals surface area contributed by atoms with E-state index in [0.717, 1.165) is 25.9 Å². The van der Waals surface area contributed by atoms with Crippen LogP contribution in [0.25, 0.3) is 0 Å². The average molecular weight is 277 g/mol. The summed E-state index contributed by atoms with van der Waals surface area (Å²) in [6.07, 6.45) is 2.22. The Labute approximate surface area is 113 Å². The molecule has 1 amide bonds. The molecular weight excluding hydrogens is 256 g/mol. The van der Waals surface area contributed by atoms with Gasteiger partial charge in [0.1, 0.15) is 5.38 Å². The summed E-state index contributed by atoms with van der Waals surface area (Å²) in [5.74, 6) is 2.62. The number of piperidine rings is 1. The molecule has 0 aliphatic carbocycles. The van der Waals surface area contributed by atoms with Gasteiger partial charge >= 0.3 is 0 Å². The fraction of sp³-hybridized carbons (Fsp3) is 0.917. The minimum atomic E-state index is -0.377. The molecule has 0 saturated carbocycles. The van der Waals surface area contributed by atoms with Gasteiger partial charge in [0.15, 0.2) is 0 Å². The summed E-state index contributed by atoms with van der Waals surface area (Å²) in [6.45, 7) is 5.95. The van der Waals surface area contributed by atoms with Gasteiger partial charge in [0.25, 0.3) is 0 Å². The van der Waals surface area contributed by atoms with Crippen molar-refractivity contribution in [2.24, 2.45) is 0 Å². The Bertz CT molecular complexity index is 261. The standard InChI is InChI=1S/C12H21ClN2OS/c1-10(13)12(16)15-4-2-11(3-5-15)14-6-8-17-9-7-14/h10-11H,2-9H2,1H3. The number of likely N-dealkylation sites (tertiary alicyclic amines) is 1. The van der Waals surface area contributed by atoms with Crippen molar-refractivity contribution in [2.75, 3.05) is 37.7 Å². The maximum atomic E-state index is 11.8. The molecule has 0 spiro atoms. The molecule has 1 atom stereocenters. The summed E-state index contributed by atoms with van der Waals surface area (Å²) >= 11 is 7.89. The van der Waals surface area contributed by atoms with Gasteiger partial charge in [-0.15, -0.1) is 11.6 Å². The van der Waals surface area contributed by atoms with Crippen LogP contribution in [-0.4, -0.2) is 64.8 Å². The fourth-order valence-corrected chi connectivity index (χ4v) is 3.71. The van der Waals surface area contributed by atoms with Crippen LogP contribution in [0.15, 0.2) is 0 Å². The monoisotopic (exact) mass is 276 g/mol. The van der Waals surface area contributed by atoms with Crippen molar-refractivity contribution in [3.63, 3.8) is 0 Å². The third-order valence-electron chi connectivity index (χ3n) is 3.68. The van der Waals surface area contributed by atoms with Crippen LogP contribution in [0.4, 0.5) is 0 Å². The van der Waals surface area contributed by atoms with Crippen molar-refractivity contribution in [3.05, 3.63) is 0 Å². The lowest BCUT2D eigenvalue weighted by atomic mass is 10.0. The van der Waals surface area contributed by atoms with Crippen LogP contribution in [0.1, 0.15) is 19.8 Å². The molecule has 0 aromatic rings. The van der Waals surface area contributed by atoms with Gasteiger partial charge in [-0.05, 0) is 19.8 Å². The van der Waals surface area contributed by atoms with Crippen molar-refractivity contribution >= 4 is 29.3 Å². The number of amides is 1. The van der Waals surface area contributed by atoms with E-state index in [2.05, 4.69) is 4.90 Å². The van der Waals surface area contributed by atoms with E-state index in [1.54, 1.807) is 6.92 Å². The van der Waals surface area contributed by atoms with Crippen LogP contribution < -0.4 is 0 Å². The van der Waals surface area contributed by atoms with Crippen molar-refractivity contribution in [1.29, 1.82) is 0 Å². The molecule has 1 unspecified atom stereocenters. The van der Waals surface area contributed by atoms with Crippen molar-refractivity contribution in [1.82, 2.24) is 9.80 Å². The van der Waals surface area contributed by atoms with E-state index in [1.165, 1.54) is 24.6 Å². The number of thioether (sulfide) groups is 1. The highest BCUT2D eigenvalue weighted by Crippen LogP contribution is 2.21. The van der Waals surface area contributed by atoms with E-state index >= 15 is 0 Å². The van der Waals surface area contributed by atoms with Crippen molar-refractivity contribution in [2.45, 2.75) is 31.2 Å². The van der Waals surface area contributed by atoms with E-state index in [4.69, 9.17) is 11.6 Å². The summed E-state index contributed by atoms with van der Waals surface area (Å²) in [7, 11) is 0. The van der Waals surface area contributed by atoms with Crippen molar-refractivity contribution < 1.29 is 4.79 Å². The zero-order chi connectivity index (χ0) is 12.3. The Balaban J connectivity index is 1.79. The highest BCUT2D eigenvalue weighted by Gasteiger charge is 2.28. The predicted molar refractivity (Wildman–Crippen MR) is 73.8 cm³/mol. The molecule has 98 valence electrons. The largest absolute Gasteiger partial charge is 0.341 e. The third-order valence-corrected chi connectivity index (χ3v) is 4.81. The summed E-state index contributed by atoms with van der Waals surface area (Å²) in [5.41, 5.74) is 0. The highest BCUT2D eigenvalue weighted by molar-refractivity contribution is 7.99. The molecule has 0 aromatic heterocycles. The second kappa shape index (κ2) is 6.30. The zero-order valence-corrected chi connectivity index (χ0v) is 12.0. The Hall–Kier alpha value is 0.0700. The number of carbonyl (C=O) groups is 1. The van der Waals surface area contributed by atoms with E-state index in [-0.39, 0.29) is 11.3 Å². The molecule has 0 bridgehead atoms. The quantitative estimate of drug-likeness (QED) is 0.717. The molecular formula is C12H21ClN2OS. The van der Waals surface area contributed by atoms with Gasteiger partial charge in [0, 0.05) is 43.7 Å². The van der Waals surface area contributed by atoms with E-state index in [9.17, 15) is 4.79 Å².